The number of nitrogens with zero attached hydrogens (tertiary/aromatic N) is 4. The normalized spacial score (nSPS) is 16.5. The Bertz CT molecular complexity index is 438. The molecule has 0 unspecified atom stereocenters. The molecule has 2 rings (SSSR count). The van der Waals surface area contributed by atoms with Crippen LogP contribution in [0, 0.1) is 12.8 Å². The molecule has 0 spiro atoms. The van der Waals surface area contributed by atoms with Crippen molar-refractivity contribution in [3.63, 3.8) is 0 Å². The van der Waals surface area contributed by atoms with Crippen molar-refractivity contribution in [2.24, 2.45) is 5.92 Å². The van der Waals surface area contributed by atoms with Crippen molar-refractivity contribution in [2.45, 2.75) is 33.1 Å². The second-order valence-corrected chi connectivity index (χ2v) is 6.41. The highest BCUT2D eigenvalue weighted by Crippen LogP contribution is 2.23. The predicted octanol–water partition coefficient (Wildman–Crippen LogP) is 2.38. The fourth-order valence-electron chi connectivity index (χ4n) is 2.65. The van der Waals surface area contributed by atoms with E-state index in [1.807, 2.05) is 6.92 Å². The lowest BCUT2D eigenvalue weighted by Crippen LogP contribution is -2.33. The van der Waals surface area contributed by atoms with Crippen molar-refractivity contribution in [2.75, 3.05) is 50.5 Å². The van der Waals surface area contributed by atoms with Crippen LogP contribution in [0.4, 0.5) is 11.6 Å². The van der Waals surface area contributed by atoms with E-state index in [1.165, 1.54) is 12.8 Å². The first kappa shape index (κ1) is 16.0. The van der Waals surface area contributed by atoms with E-state index in [2.05, 4.69) is 52.2 Å². The smallest absolute Gasteiger partial charge is 0.134 e. The van der Waals surface area contributed by atoms with Crippen LogP contribution in [0.1, 0.15) is 32.0 Å². The van der Waals surface area contributed by atoms with Crippen LogP contribution < -0.4 is 10.2 Å². The Morgan fingerprint density at radius 3 is 2.67 bits per heavy atom. The monoisotopic (exact) mass is 291 g/mol. The Morgan fingerprint density at radius 2 is 2.00 bits per heavy atom. The zero-order chi connectivity index (χ0) is 15.2. The summed E-state index contributed by atoms with van der Waals surface area (Å²) in [5, 5.41) is 3.42. The van der Waals surface area contributed by atoms with Crippen LogP contribution in [-0.4, -0.2) is 55.1 Å². The standard InChI is InChI=1S/C16H29N5/c1-13-6-10-21(11-7-13)16-12-15(18-14(2)19-16)17-8-5-9-20(3)4/h12-13H,5-11H2,1-4H3,(H,17,18,19). The highest BCUT2D eigenvalue weighted by atomic mass is 15.2. The maximum atomic E-state index is 4.61. The lowest BCUT2D eigenvalue weighted by Gasteiger charge is -2.31. The lowest BCUT2D eigenvalue weighted by molar-refractivity contribution is 0.405. The van der Waals surface area contributed by atoms with E-state index < -0.39 is 0 Å². The van der Waals surface area contributed by atoms with E-state index in [4.69, 9.17) is 0 Å². The molecule has 0 bridgehead atoms. The molecule has 0 aliphatic carbocycles. The largest absolute Gasteiger partial charge is 0.370 e. The van der Waals surface area contributed by atoms with Crippen LogP contribution in [0.5, 0.6) is 0 Å². The number of aromatic nitrogens is 2. The van der Waals surface area contributed by atoms with Gasteiger partial charge in [-0.15, -0.1) is 0 Å². The number of piperidine rings is 1. The molecule has 1 N–H and O–H groups in total. The van der Waals surface area contributed by atoms with Gasteiger partial charge >= 0.3 is 0 Å². The minimum Gasteiger partial charge on any atom is -0.370 e. The summed E-state index contributed by atoms with van der Waals surface area (Å²) < 4.78 is 0. The summed E-state index contributed by atoms with van der Waals surface area (Å²) in [5.74, 6) is 3.72. The predicted molar refractivity (Wildman–Crippen MR) is 89.0 cm³/mol. The first-order valence-electron chi connectivity index (χ1n) is 8.04. The molecule has 0 amide bonds. The molecule has 0 atom stereocenters. The van der Waals surface area contributed by atoms with Crippen LogP contribution >= 0.6 is 0 Å². The van der Waals surface area contributed by atoms with E-state index in [9.17, 15) is 0 Å². The maximum absolute atomic E-state index is 4.61. The summed E-state index contributed by atoms with van der Waals surface area (Å²) in [4.78, 5) is 13.7. The van der Waals surface area contributed by atoms with Gasteiger partial charge in [-0.3, -0.25) is 0 Å². The molecular weight excluding hydrogens is 262 g/mol. The zero-order valence-corrected chi connectivity index (χ0v) is 13.9. The van der Waals surface area contributed by atoms with Gasteiger partial charge in [0.15, 0.2) is 0 Å². The number of hydrogen-bond donors (Lipinski definition) is 1. The van der Waals surface area contributed by atoms with Gasteiger partial charge in [0.25, 0.3) is 0 Å². The molecule has 1 aliphatic rings. The van der Waals surface area contributed by atoms with Gasteiger partial charge < -0.3 is 15.1 Å². The Kier molecular flexibility index (Phi) is 5.79. The van der Waals surface area contributed by atoms with Gasteiger partial charge in [-0.05, 0) is 52.7 Å². The summed E-state index contributed by atoms with van der Waals surface area (Å²) in [5.41, 5.74) is 0. The Morgan fingerprint density at radius 1 is 1.29 bits per heavy atom. The fraction of sp³-hybridized carbons (Fsp3) is 0.750. The highest BCUT2D eigenvalue weighted by molar-refractivity contribution is 5.49. The van der Waals surface area contributed by atoms with Crippen molar-refractivity contribution in [1.82, 2.24) is 14.9 Å². The van der Waals surface area contributed by atoms with Gasteiger partial charge in [0.05, 0.1) is 0 Å². The molecule has 2 heterocycles. The number of anilines is 2. The summed E-state index contributed by atoms with van der Waals surface area (Å²) in [6.45, 7) is 8.57. The molecule has 0 radical (unpaired) electrons. The maximum Gasteiger partial charge on any atom is 0.134 e. The van der Waals surface area contributed by atoms with Gasteiger partial charge in [0.2, 0.25) is 0 Å². The quantitative estimate of drug-likeness (QED) is 0.815. The van der Waals surface area contributed by atoms with Gasteiger partial charge in [-0.25, -0.2) is 9.97 Å². The van der Waals surface area contributed by atoms with E-state index in [0.717, 1.165) is 56.0 Å². The van der Waals surface area contributed by atoms with Crippen LogP contribution in [-0.2, 0) is 0 Å². The molecule has 1 saturated heterocycles. The topological polar surface area (TPSA) is 44.3 Å². The van der Waals surface area contributed by atoms with Crippen LogP contribution in [0.25, 0.3) is 0 Å². The molecule has 1 aromatic heterocycles. The summed E-state index contributed by atoms with van der Waals surface area (Å²) >= 11 is 0. The van der Waals surface area contributed by atoms with Crippen LogP contribution in [0.2, 0.25) is 0 Å². The van der Waals surface area contributed by atoms with E-state index in [-0.39, 0.29) is 0 Å². The molecule has 0 saturated carbocycles. The Hall–Kier alpha value is -1.36. The number of aryl methyl sites for hydroxylation is 1. The van der Waals surface area contributed by atoms with Gasteiger partial charge in [0.1, 0.15) is 17.5 Å². The zero-order valence-electron chi connectivity index (χ0n) is 13.9. The first-order chi connectivity index (χ1) is 10.0. The van der Waals surface area contributed by atoms with E-state index in [0.29, 0.717) is 0 Å². The van der Waals surface area contributed by atoms with Gasteiger partial charge in [-0.2, -0.15) is 0 Å². The van der Waals surface area contributed by atoms with E-state index in [1.54, 1.807) is 0 Å². The van der Waals surface area contributed by atoms with Crippen molar-refractivity contribution in [3.05, 3.63) is 11.9 Å². The molecular formula is C16H29N5. The lowest BCUT2D eigenvalue weighted by atomic mass is 9.99. The van der Waals surface area contributed by atoms with Gasteiger partial charge in [-0.1, -0.05) is 6.92 Å². The summed E-state index contributed by atoms with van der Waals surface area (Å²) in [6.07, 6.45) is 3.63. The van der Waals surface area contributed by atoms with E-state index >= 15 is 0 Å². The van der Waals surface area contributed by atoms with Crippen molar-refractivity contribution >= 4 is 11.6 Å². The first-order valence-corrected chi connectivity index (χ1v) is 8.04. The molecule has 1 fully saturated rings. The summed E-state index contributed by atoms with van der Waals surface area (Å²) in [7, 11) is 4.20. The third-order valence-electron chi connectivity index (χ3n) is 4.02. The third-order valence-corrected chi connectivity index (χ3v) is 4.02. The molecule has 1 aliphatic heterocycles. The van der Waals surface area contributed by atoms with Crippen LogP contribution in [0.3, 0.4) is 0 Å². The average Bonchev–Trinajstić information content (AvgIpc) is 2.43. The minimum absolute atomic E-state index is 0.841. The van der Waals surface area contributed by atoms with Gasteiger partial charge in [0, 0.05) is 25.7 Å². The van der Waals surface area contributed by atoms with Crippen LogP contribution in [0.15, 0.2) is 6.07 Å². The molecule has 5 heteroatoms. The Labute approximate surface area is 128 Å². The Balaban J connectivity index is 1.93. The molecule has 118 valence electrons. The third kappa shape index (κ3) is 5.16. The average molecular weight is 291 g/mol. The second kappa shape index (κ2) is 7.59. The number of rotatable bonds is 6. The van der Waals surface area contributed by atoms with Crippen molar-refractivity contribution in [1.29, 1.82) is 0 Å². The molecule has 0 aromatic carbocycles. The molecule has 1 aromatic rings. The SMILES string of the molecule is Cc1nc(NCCCN(C)C)cc(N2CCC(C)CC2)n1. The fourth-order valence-corrected chi connectivity index (χ4v) is 2.65. The number of nitrogens with one attached hydrogen (secondary N) is 1. The second-order valence-electron chi connectivity index (χ2n) is 6.41. The van der Waals surface area contributed by atoms with Crippen molar-refractivity contribution in [3.8, 4) is 0 Å². The minimum atomic E-state index is 0.841. The van der Waals surface area contributed by atoms with Crippen molar-refractivity contribution < 1.29 is 0 Å². The number of hydrogen-bond acceptors (Lipinski definition) is 5. The molecule has 5 nitrogen and oxygen atoms in total. The summed E-state index contributed by atoms with van der Waals surface area (Å²) in [6, 6.07) is 2.10. The molecule has 21 heavy (non-hydrogen) atoms. The highest BCUT2D eigenvalue weighted by Gasteiger charge is 2.17.